The quantitative estimate of drug-likeness (QED) is 0.355. The van der Waals surface area contributed by atoms with Crippen molar-refractivity contribution in [3.63, 3.8) is 0 Å². The summed E-state index contributed by atoms with van der Waals surface area (Å²) in [4.78, 5) is 17.2. The molecule has 9 heteroatoms. The van der Waals surface area contributed by atoms with Crippen LogP contribution in [0, 0.1) is 13.8 Å². The second kappa shape index (κ2) is 9.66. The Morgan fingerprint density at radius 3 is 2.21 bits per heavy atom. The summed E-state index contributed by atoms with van der Waals surface area (Å²) in [6.45, 7) is 3.70. The third-order valence-electron chi connectivity index (χ3n) is 5.21. The molecule has 0 atom stereocenters. The Bertz CT molecular complexity index is 1410. The van der Waals surface area contributed by atoms with Crippen LogP contribution >= 0.6 is 11.3 Å². The van der Waals surface area contributed by atoms with Crippen molar-refractivity contribution in [1.29, 1.82) is 0 Å². The molecule has 1 aromatic heterocycles. The topological polar surface area (TPSA) is 97.4 Å². The number of carbonyl (C=O) groups excluding carboxylic acids is 1. The van der Waals surface area contributed by atoms with Crippen LogP contribution in [0.5, 0.6) is 5.75 Å². The van der Waals surface area contributed by atoms with E-state index in [1.807, 2.05) is 56.3 Å². The zero-order valence-corrected chi connectivity index (χ0v) is 20.5. The van der Waals surface area contributed by atoms with Gasteiger partial charge in [0.25, 0.3) is 15.9 Å². The fraction of sp³-hybridized carbons (Fsp3) is 0.120. The first-order chi connectivity index (χ1) is 16.3. The minimum Gasteiger partial charge on any atom is -0.497 e. The number of ether oxygens (including phenoxy) is 1. The van der Waals surface area contributed by atoms with E-state index in [0.717, 1.165) is 22.4 Å². The second-order valence-corrected chi connectivity index (χ2v) is 10.2. The molecule has 1 amide bonds. The van der Waals surface area contributed by atoms with Crippen LogP contribution < -0.4 is 14.8 Å². The average molecular weight is 494 g/mol. The number of amides is 1. The Morgan fingerprint density at radius 1 is 0.941 bits per heavy atom. The summed E-state index contributed by atoms with van der Waals surface area (Å²) in [5, 5.41) is 5.16. The number of aryl methyl sites for hydroxylation is 2. The lowest BCUT2D eigenvalue weighted by atomic mass is 10.1. The predicted octanol–water partition coefficient (Wildman–Crippen LogP) is 5.49. The van der Waals surface area contributed by atoms with E-state index in [9.17, 15) is 13.2 Å². The van der Waals surface area contributed by atoms with Gasteiger partial charge in [-0.25, -0.2) is 13.4 Å². The van der Waals surface area contributed by atoms with Gasteiger partial charge in [-0.05, 0) is 73.5 Å². The van der Waals surface area contributed by atoms with Crippen LogP contribution in [0.2, 0.25) is 0 Å². The Balaban J connectivity index is 1.45. The van der Waals surface area contributed by atoms with Crippen LogP contribution in [0.25, 0.3) is 10.6 Å². The van der Waals surface area contributed by atoms with Gasteiger partial charge in [0.15, 0.2) is 0 Å². The molecule has 2 N–H and O–H groups in total. The molecule has 0 unspecified atom stereocenters. The number of carbonyl (C=O) groups is 1. The van der Waals surface area contributed by atoms with Crippen molar-refractivity contribution in [2.45, 2.75) is 18.7 Å². The van der Waals surface area contributed by atoms with Gasteiger partial charge in [0.05, 0.1) is 17.7 Å². The highest BCUT2D eigenvalue weighted by Gasteiger charge is 2.17. The molecule has 0 aliphatic heterocycles. The van der Waals surface area contributed by atoms with Crippen LogP contribution in [-0.4, -0.2) is 26.4 Å². The lowest BCUT2D eigenvalue weighted by molar-refractivity contribution is 0.102. The highest BCUT2D eigenvalue weighted by Crippen LogP contribution is 2.27. The molecule has 0 saturated carbocycles. The summed E-state index contributed by atoms with van der Waals surface area (Å²) in [6, 6.07) is 19.0. The minimum absolute atomic E-state index is 0.101. The van der Waals surface area contributed by atoms with Crippen molar-refractivity contribution in [2.75, 3.05) is 17.1 Å². The summed E-state index contributed by atoms with van der Waals surface area (Å²) >= 11 is 1.36. The summed E-state index contributed by atoms with van der Waals surface area (Å²) in [5.41, 5.74) is 3.88. The average Bonchev–Trinajstić information content (AvgIpc) is 3.33. The number of rotatable bonds is 7. The number of nitrogens with zero attached hydrogens (tertiary/aromatic N) is 1. The highest BCUT2D eigenvalue weighted by molar-refractivity contribution is 7.92. The number of para-hydroxylation sites is 1. The van der Waals surface area contributed by atoms with Crippen LogP contribution in [0.1, 0.15) is 21.6 Å². The monoisotopic (exact) mass is 493 g/mol. The van der Waals surface area contributed by atoms with Crippen molar-refractivity contribution < 1.29 is 17.9 Å². The van der Waals surface area contributed by atoms with Crippen LogP contribution in [-0.2, 0) is 10.0 Å². The van der Waals surface area contributed by atoms with Crippen LogP contribution in [0.3, 0.4) is 0 Å². The number of hydrogen-bond acceptors (Lipinski definition) is 6. The Hall–Kier alpha value is -3.69. The maximum atomic E-state index is 12.8. The molecule has 0 saturated heterocycles. The summed E-state index contributed by atoms with van der Waals surface area (Å²) < 4.78 is 33.5. The molecule has 3 aromatic carbocycles. The first-order valence-electron chi connectivity index (χ1n) is 10.4. The second-order valence-electron chi connectivity index (χ2n) is 7.62. The van der Waals surface area contributed by atoms with Crippen LogP contribution in [0.15, 0.2) is 77.0 Å². The molecule has 0 aliphatic carbocycles. The number of anilines is 2. The van der Waals surface area contributed by atoms with E-state index in [4.69, 9.17) is 4.74 Å². The molecule has 0 aliphatic rings. The van der Waals surface area contributed by atoms with Gasteiger partial charge in [-0.15, -0.1) is 11.3 Å². The van der Waals surface area contributed by atoms with E-state index in [1.165, 1.54) is 23.5 Å². The molecule has 0 spiro atoms. The fourth-order valence-corrected chi connectivity index (χ4v) is 5.33. The summed E-state index contributed by atoms with van der Waals surface area (Å²) in [5.74, 6) is 0.369. The number of nitrogens with one attached hydrogen (secondary N) is 2. The van der Waals surface area contributed by atoms with Gasteiger partial charge in [0.1, 0.15) is 16.5 Å². The summed E-state index contributed by atoms with van der Waals surface area (Å²) in [6.07, 6.45) is 0. The lowest BCUT2D eigenvalue weighted by Gasteiger charge is -2.13. The normalized spacial score (nSPS) is 11.1. The van der Waals surface area contributed by atoms with Gasteiger partial charge in [0, 0.05) is 16.6 Å². The largest absolute Gasteiger partial charge is 0.497 e. The molecule has 1 heterocycles. The van der Waals surface area contributed by atoms with Crippen molar-refractivity contribution in [1.82, 2.24) is 4.98 Å². The molecule has 0 fully saturated rings. The van der Waals surface area contributed by atoms with E-state index in [0.29, 0.717) is 16.4 Å². The van der Waals surface area contributed by atoms with E-state index >= 15 is 0 Å². The first-order valence-corrected chi connectivity index (χ1v) is 12.7. The molecular formula is C25H23N3O4S2. The first kappa shape index (κ1) is 23.5. The molecule has 4 aromatic rings. The predicted molar refractivity (Wildman–Crippen MR) is 135 cm³/mol. The standard InChI is InChI=1S/C25H23N3O4S2/c1-16-5-4-6-17(2)23(16)28-34(30,31)21-13-9-19(10-14-21)26-24(29)22-15-33-25(27-22)18-7-11-20(32-3)12-8-18/h4-15,28H,1-3H3,(H,26,29). The van der Waals surface area contributed by atoms with E-state index in [2.05, 4.69) is 15.0 Å². The minimum atomic E-state index is -3.77. The molecule has 0 radical (unpaired) electrons. The van der Waals surface area contributed by atoms with Gasteiger partial charge >= 0.3 is 0 Å². The van der Waals surface area contributed by atoms with Gasteiger partial charge in [-0.1, -0.05) is 18.2 Å². The van der Waals surface area contributed by atoms with Gasteiger partial charge < -0.3 is 10.1 Å². The van der Waals surface area contributed by atoms with Gasteiger partial charge in [-0.3, -0.25) is 9.52 Å². The molecule has 0 bridgehead atoms. The van der Waals surface area contributed by atoms with Gasteiger partial charge in [0.2, 0.25) is 0 Å². The Labute approximate surface area is 202 Å². The number of aromatic nitrogens is 1. The van der Waals surface area contributed by atoms with E-state index in [1.54, 1.807) is 24.6 Å². The van der Waals surface area contributed by atoms with Crippen LogP contribution in [0.4, 0.5) is 11.4 Å². The molecule has 34 heavy (non-hydrogen) atoms. The Kier molecular flexibility index (Phi) is 6.67. The van der Waals surface area contributed by atoms with E-state index < -0.39 is 10.0 Å². The number of methoxy groups -OCH3 is 1. The third kappa shape index (κ3) is 5.11. The van der Waals surface area contributed by atoms with Crippen molar-refractivity contribution >= 4 is 38.6 Å². The van der Waals surface area contributed by atoms with Crippen molar-refractivity contribution in [3.8, 4) is 16.3 Å². The number of benzene rings is 3. The SMILES string of the molecule is COc1ccc(-c2nc(C(=O)Nc3ccc(S(=O)(=O)Nc4c(C)cccc4C)cc3)cs2)cc1. The molecule has 174 valence electrons. The number of sulfonamides is 1. The highest BCUT2D eigenvalue weighted by atomic mass is 32.2. The number of thiazole rings is 1. The maximum Gasteiger partial charge on any atom is 0.275 e. The lowest BCUT2D eigenvalue weighted by Crippen LogP contribution is -2.15. The molecular weight excluding hydrogens is 470 g/mol. The zero-order chi connectivity index (χ0) is 24.3. The molecule has 7 nitrogen and oxygen atoms in total. The fourth-order valence-electron chi connectivity index (χ4n) is 3.33. The van der Waals surface area contributed by atoms with E-state index in [-0.39, 0.29) is 16.5 Å². The smallest absolute Gasteiger partial charge is 0.275 e. The molecule has 4 rings (SSSR count). The maximum absolute atomic E-state index is 12.8. The van der Waals surface area contributed by atoms with Gasteiger partial charge in [-0.2, -0.15) is 0 Å². The van der Waals surface area contributed by atoms with Crippen molar-refractivity contribution in [2.24, 2.45) is 0 Å². The Morgan fingerprint density at radius 2 is 1.59 bits per heavy atom. The zero-order valence-electron chi connectivity index (χ0n) is 18.8. The van der Waals surface area contributed by atoms with Crippen molar-refractivity contribution in [3.05, 3.63) is 88.9 Å². The third-order valence-corrected chi connectivity index (χ3v) is 7.47. The summed E-state index contributed by atoms with van der Waals surface area (Å²) in [7, 11) is -2.17. The number of hydrogen-bond donors (Lipinski definition) is 2.